The molecule has 0 saturated heterocycles. The molecule has 0 spiro atoms. The van der Waals surface area contributed by atoms with Crippen LogP contribution in [0, 0.1) is 0 Å². The van der Waals surface area contributed by atoms with Crippen LogP contribution in [0.25, 0.3) is 33.1 Å². The molecule has 0 N–H and O–H groups in total. The number of hydrogen-bond donors (Lipinski definition) is 0. The number of aliphatic imine (C=N–C) groups is 1. The van der Waals surface area contributed by atoms with Crippen LogP contribution in [0.1, 0.15) is 5.56 Å². The minimum absolute atomic E-state index is 0.461. The second kappa shape index (κ2) is 8.04. The Kier molecular flexibility index (Phi) is 4.66. The molecule has 1 aliphatic heterocycles. The molecule has 2 heterocycles. The Morgan fingerprint density at radius 3 is 2.06 bits per heavy atom. The highest BCUT2D eigenvalue weighted by molar-refractivity contribution is 8.09. The van der Waals surface area contributed by atoms with Gasteiger partial charge in [0.1, 0.15) is 25.9 Å². The summed E-state index contributed by atoms with van der Waals surface area (Å²) in [4.78, 5) is 5.51. The van der Waals surface area contributed by atoms with Gasteiger partial charge in [-0.2, -0.15) is 4.36 Å². The summed E-state index contributed by atoms with van der Waals surface area (Å²) in [6, 6.07) is 39.3. The summed E-state index contributed by atoms with van der Waals surface area (Å²) in [6.07, 6.45) is 0. The van der Waals surface area contributed by atoms with Gasteiger partial charge in [0, 0.05) is 16.3 Å². The Bertz CT molecular complexity index is 1930. The van der Waals surface area contributed by atoms with Crippen LogP contribution in [0.2, 0.25) is 0 Å². The maximum absolute atomic E-state index is 15.1. The molecule has 0 bridgehead atoms. The van der Waals surface area contributed by atoms with E-state index < -0.39 is 9.73 Å². The van der Waals surface area contributed by atoms with E-state index in [0.717, 1.165) is 33.0 Å². The van der Waals surface area contributed by atoms with Crippen LogP contribution >= 0.6 is 0 Å². The summed E-state index contributed by atoms with van der Waals surface area (Å²) in [7, 11) is -3.13. The predicted molar refractivity (Wildman–Crippen MR) is 147 cm³/mol. The molecule has 0 saturated carbocycles. The summed E-state index contributed by atoms with van der Waals surface area (Å²) in [5, 5.41) is 2.18. The first-order valence-corrected chi connectivity index (χ1v) is 13.2. The zero-order valence-corrected chi connectivity index (χ0v) is 20.0. The lowest BCUT2D eigenvalue weighted by atomic mass is 10.0. The van der Waals surface area contributed by atoms with Gasteiger partial charge in [0.25, 0.3) is 0 Å². The van der Waals surface area contributed by atoms with E-state index in [1.54, 1.807) is 0 Å². The van der Waals surface area contributed by atoms with Crippen LogP contribution in [-0.2, 0) is 9.73 Å². The number of nitrogens with zero attached hydrogens (tertiary/aromatic N) is 2. The topological polar surface area (TPSA) is 54.9 Å². The van der Waals surface area contributed by atoms with Crippen molar-refractivity contribution in [3.05, 3.63) is 127 Å². The Balaban J connectivity index is 1.56. The van der Waals surface area contributed by atoms with Crippen LogP contribution in [0.5, 0.6) is 0 Å². The zero-order chi connectivity index (χ0) is 24.1. The van der Waals surface area contributed by atoms with E-state index in [0.29, 0.717) is 26.9 Å². The van der Waals surface area contributed by atoms with Crippen molar-refractivity contribution < 1.29 is 8.63 Å². The molecule has 36 heavy (non-hydrogen) atoms. The fraction of sp³-hybridized carbons (Fsp3) is 0. The van der Waals surface area contributed by atoms with Gasteiger partial charge in [0.2, 0.25) is 0 Å². The van der Waals surface area contributed by atoms with Crippen LogP contribution in [0.4, 0.5) is 11.4 Å². The van der Waals surface area contributed by atoms with Gasteiger partial charge >= 0.3 is 0 Å². The Morgan fingerprint density at radius 1 is 0.583 bits per heavy atom. The van der Waals surface area contributed by atoms with E-state index in [-0.39, 0.29) is 0 Å². The SMILES string of the molecule is O=S1(c2cccc3oc4ccc(-c5ccccc5)cc4c23)=Nc2ccccc2N=C1c1ccccc1. The van der Waals surface area contributed by atoms with Gasteiger partial charge < -0.3 is 4.42 Å². The average molecular weight is 485 g/mol. The van der Waals surface area contributed by atoms with Crippen LogP contribution in [0.3, 0.4) is 0 Å². The third-order valence-electron chi connectivity index (χ3n) is 6.48. The van der Waals surface area contributed by atoms with Gasteiger partial charge in [-0.25, -0.2) is 9.20 Å². The number of furan rings is 1. The number of rotatable bonds is 3. The summed E-state index contributed by atoms with van der Waals surface area (Å²) in [5.41, 5.74) is 5.72. The van der Waals surface area contributed by atoms with Gasteiger partial charge in [-0.1, -0.05) is 84.9 Å². The van der Waals surface area contributed by atoms with Gasteiger partial charge in [-0.15, -0.1) is 0 Å². The van der Waals surface area contributed by atoms with Crippen molar-refractivity contribution in [2.24, 2.45) is 9.36 Å². The lowest BCUT2D eigenvalue weighted by Gasteiger charge is -2.19. The van der Waals surface area contributed by atoms with Gasteiger partial charge in [0.05, 0.1) is 16.3 Å². The Hall–Kier alpha value is -4.48. The van der Waals surface area contributed by atoms with Crippen molar-refractivity contribution in [1.82, 2.24) is 0 Å². The molecule has 6 aromatic rings. The monoisotopic (exact) mass is 484 g/mol. The Morgan fingerprint density at radius 2 is 1.28 bits per heavy atom. The second-order valence-electron chi connectivity index (χ2n) is 8.70. The highest BCUT2D eigenvalue weighted by Crippen LogP contribution is 2.42. The van der Waals surface area contributed by atoms with E-state index >= 15 is 4.21 Å². The van der Waals surface area contributed by atoms with Gasteiger partial charge in [-0.05, 0) is 47.5 Å². The highest BCUT2D eigenvalue weighted by Gasteiger charge is 2.30. The largest absolute Gasteiger partial charge is 0.456 e. The number of para-hydroxylation sites is 1. The van der Waals surface area contributed by atoms with Crippen molar-refractivity contribution in [3.8, 4) is 11.1 Å². The molecule has 1 aromatic heterocycles. The maximum Gasteiger partial charge on any atom is 0.148 e. The van der Waals surface area contributed by atoms with Crippen molar-refractivity contribution in [2.75, 3.05) is 0 Å². The first-order valence-electron chi connectivity index (χ1n) is 11.7. The summed E-state index contributed by atoms with van der Waals surface area (Å²) in [6.45, 7) is 0. The second-order valence-corrected chi connectivity index (χ2v) is 10.8. The van der Waals surface area contributed by atoms with E-state index in [9.17, 15) is 0 Å². The van der Waals surface area contributed by atoms with Crippen molar-refractivity contribution in [1.29, 1.82) is 0 Å². The predicted octanol–water partition coefficient (Wildman–Crippen LogP) is 8.50. The number of fused-ring (bicyclic) bond motifs is 4. The molecule has 0 fully saturated rings. The standard InChI is InChI=1S/C31H20N2O2S/c34-36(31(22-12-5-2-6-13-22)32-25-14-7-8-15-26(25)33-36)29-17-9-16-28-30(29)24-20-23(18-19-27(24)35-28)21-10-3-1-4-11-21/h1-20H. The zero-order valence-electron chi connectivity index (χ0n) is 19.2. The number of benzene rings is 5. The van der Waals surface area contributed by atoms with E-state index in [1.807, 2.05) is 97.1 Å². The van der Waals surface area contributed by atoms with Crippen molar-refractivity contribution >= 4 is 48.1 Å². The number of hydrogen-bond acceptors (Lipinski definition) is 4. The molecule has 172 valence electrons. The van der Waals surface area contributed by atoms with E-state index in [1.165, 1.54) is 0 Å². The summed E-state index contributed by atoms with van der Waals surface area (Å²) < 4.78 is 26.2. The molecule has 7 rings (SSSR count). The van der Waals surface area contributed by atoms with E-state index in [4.69, 9.17) is 13.8 Å². The van der Waals surface area contributed by atoms with E-state index in [2.05, 4.69) is 24.3 Å². The molecule has 1 atom stereocenters. The molecule has 5 aromatic carbocycles. The highest BCUT2D eigenvalue weighted by atomic mass is 32.2. The molecule has 4 nitrogen and oxygen atoms in total. The summed E-state index contributed by atoms with van der Waals surface area (Å²) >= 11 is 0. The minimum atomic E-state index is -3.13. The van der Waals surface area contributed by atoms with Crippen molar-refractivity contribution in [3.63, 3.8) is 0 Å². The van der Waals surface area contributed by atoms with Crippen LogP contribution < -0.4 is 0 Å². The van der Waals surface area contributed by atoms with Crippen LogP contribution in [-0.4, -0.2) is 9.25 Å². The molecule has 0 amide bonds. The third-order valence-corrected chi connectivity index (χ3v) is 8.72. The van der Waals surface area contributed by atoms with Gasteiger partial charge in [-0.3, -0.25) is 0 Å². The first-order chi connectivity index (χ1) is 17.7. The fourth-order valence-corrected chi connectivity index (χ4v) is 7.03. The first kappa shape index (κ1) is 20.9. The molecule has 1 aliphatic rings. The molecular weight excluding hydrogens is 464 g/mol. The molecular formula is C31H20N2O2S. The lowest BCUT2D eigenvalue weighted by molar-refractivity contribution is 0.667. The Labute approximate surface area is 208 Å². The quantitative estimate of drug-likeness (QED) is 0.253. The lowest BCUT2D eigenvalue weighted by Crippen LogP contribution is -2.18. The normalized spacial score (nSPS) is 16.9. The fourth-order valence-electron chi connectivity index (χ4n) is 4.78. The molecule has 0 radical (unpaired) electrons. The molecule has 1 unspecified atom stereocenters. The van der Waals surface area contributed by atoms with Crippen LogP contribution in [0.15, 0.2) is 140 Å². The average Bonchev–Trinajstić information content (AvgIpc) is 3.31. The minimum Gasteiger partial charge on any atom is -0.456 e. The molecule has 5 heteroatoms. The summed E-state index contributed by atoms with van der Waals surface area (Å²) in [5.74, 6) is 0. The third kappa shape index (κ3) is 3.21. The van der Waals surface area contributed by atoms with Gasteiger partial charge in [0.15, 0.2) is 0 Å². The molecule has 0 aliphatic carbocycles. The maximum atomic E-state index is 15.1. The van der Waals surface area contributed by atoms with Crippen molar-refractivity contribution in [2.45, 2.75) is 4.90 Å². The smallest absolute Gasteiger partial charge is 0.148 e.